The molecule has 0 N–H and O–H groups in total. The van der Waals surface area contributed by atoms with Gasteiger partial charge in [-0.05, 0) is 54.3 Å². The summed E-state index contributed by atoms with van der Waals surface area (Å²) in [7, 11) is 0. The number of hydrogen-bond donors (Lipinski definition) is 0. The molecule has 4 rings (SSSR count). The Morgan fingerprint density at radius 2 is 2.04 bits per heavy atom. The van der Waals surface area contributed by atoms with E-state index in [9.17, 15) is 4.79 Å². The van der Waals surface area contributed by atoms with Crippen LogP contribution >= 0.6 is 11.3 Å². The summed E-state index contributed by atoms with van der Waals surface area (Å²) < 4.78 is 0. The van der Waals surface area contributed by atoms with E-state index in [0.717, 1.165) is 45.4 Å². The minimum atomic E-state index is 0.327. The fourth-order valence-electron chi connectivity index (χ4n) is 4.13. The summed E-state index contributed by atoms with van der Waals surface area (Å²) in [6.07, 6.45) is 3.79. The van der Waals surface area contributed by atoms with Crippen LogP contribution in [0.4, 0.5) is 0 Å². The van der Waals surface area contributed by atoms with Gasteiger partial charge in [-0.1, -0.05) is 24.3 Å². The van der Waals surface area contributed by atoms with Gasteiger partial charge in [0.2, 0.25) is 5.91 Å². The van der Waals surface area contributed by atoms with Crippen molar-refractivity contribution in [2.45, 2.75) is 45.2 Å². The van der Waals surface area contributed by atoms with Crippen LogP contribution in [0.5, 0.6) is 0 Å². The molecule has 2 aromatic rings. The third kappa shape index (κ3) is 3.65. The third-order valence-electron chi connectivity index (χ3n) is 5.73. The zero-order chi connectivity index (χ0) is 17.2. The van der Waals surface area contributed by atoms with E-state index in [1.807, 2.05) is 0 Å². The number of aryl methyl sites for hydroxylation is 2. The van der Waals surface area contributed by atoms with Crippen LogP contribution in [0.25, 0.3) is 0 Å². The summed E-state index contributed by atoms with van der Waals surface area (Å²) in [5, 5.41) is 2.12. The molecule has 4 heteroatoms. The molecule has 1 aromatic heterocycles. The molecule has 2 aliphatic rings. The second-order valence-corrected chi connectivity index (χ2v) is 8.30. The Morgan fingerprint density at radius 1 is 1.20 bits per heavy atom. The molecule has 1 aromatic carbocycles. The number of nitrogens with zero attached hydrogens (tertiary/aromatic N) is 2. The SMILES string of the molecule is Cc1ccsc1CCC(=O)N1CCC(N2CCc3ccccc3C2)C1. The van der Waals surface area contributed by atoms with Gasteiger partial charge in [-0.15, -0.1) is 11.3 Å². The zero-order valence-electron chi connectivity index (χ0n) is 14.9. The average Bonchev–Trinajstić information content (AvgIpc) is 3.28. The van der Waals surface area contributed by atoms with E-state index in [0.29, 0.717) is 18.4 Å². The number of thiophene rings is 1. The molecule has 3 heterocycles. The first-order valence-electron chi connectivity index (χ1n) is 9.32. The number of hydrogen-bond acceptors (Lipinski definition) is 3. The molecule has 0 spiro atoms. The van der Waals surface area contributed by atoms with E-state index >= 15 is 0 Å². The van der Waals surface area contributed by atoms with Crippen molar-refractivity contribution >= 4 is 17.2 Å². The fraction of sp³-hybridized carbons (Fsp3) is 0.476. The molecular formula is C21H26N2OS. The molecule has 132 valence electrons. The topological polar surface area (TPSA) is 23.6 Å². The summed E-state index contributed by atoms with van der Waals surface area (Å²) in [4.78, 5) is 18.6. The number of fused-ring (bicyclic) bond motifs is 1. The van der Waals surface area contributed by atoms with Gasteiger partial charge in [0.15, 0.2) is 0 Å². The van der Waals surface area contributed by atoms with E-state index in [1.165, 1.54) is 21.6 Å². The van der Waals surface area contributed by atoms with E-state index < -0.39 is 0 Å². The Hall–Kier alpha value is -1.65. The lowest BCUT2D eigenvalue weighted by atomic mass is 9.98. The number of likely N-dealkylation sites (tertiary alicyclic amines) is 1. The minimum absolute atomic E-state index is 0.327. The molecule has 1 amide bonds. The van der Waals surface area contributed by atoms with Crippen LogP contribution in [0.15, 0.2) is 35.7 Å². The Labute approximate surface area is 154 Å². The van der Waals surface area contributed by atoms with Gasteiger partial charge in [0, 0.05) is 43.5 Å². The molecule has 2 aliphatic heterocycles. The van der Waals surface area contributed by atoms with Crippen molar-refractivity contribution in [2.75, 3.05) is 19.6 Å². The first-order chi connectivity index (χ1) is 12.2. The van der Waals surface area contributed by atoms with E-state index in [-0.39, 0.29) is 0 Å². The van der Waals surface area contributed by atoms with Crippen molar-refractivity contribution in [2.24, 2.45) is 0 Å². The van der Waals surface area contributed by atoms with E-state index in [4.69, 9.17) is 0 Å². The molecule has 1 unspecified atom stereocenters. The summed E-state index contributed by atoms with van der Waals surface area (Å²) in [5.41, 5.74) is 4.28. The van der Waals surface area contributed by atoms with Gasteiger partial charge in [0.05, 0.1) is 0 Å². The third-order valence-corrected chi connectivity index (χ3v) is 6.81. The fourth-order valence-corrected chi connectivity index (χ4v) is 5.04. The maximum Gasteiger partial charge on any atom is 0.222 e. The van der Waals surface area contributed by atoms with Crippen molar-refractivity contribution in [3.05, 3.63) is 57.3 Å². The van der Waals surface area contributed by atoms with Crippen LogP contribution < -0.4 is 0 Å². The number of carbonyl (C=O) groups excluding carboxylic acids is 1. The molecule has 0 bridgehead atoms. The maximum absolute atomic E-state index is 12.6. The normalized spacial score (nSPS) is 20.7. The summed E-state index contributed by atoms with van der Waals surface area (Å²) in [6, 6.07) is 11.5. The molecular weight excluding hydrogens is 328 g/mol. The molecule has 0 saturated carbocycles. The van der Waals surface area contributed by atoms with Crippen molar-refractivity contribution < 1.29 is 4.79 Å². The summed E-state index contributed by atoms with van der Waals surface area (Å²) in [6.45, 7) is 6.13. The predicted molar refractivity (Wildman–Crippen MR) is 103 cm³/mol. The monoisotopic (exact) mass is 354 g/mol. The minimum Gasteiger partial charge on any atom is -0.341 e. The van der Waals surface area contributed by atoms with Crippen LogP contribution in [0.1, 0.15) is 34.4 Å². The first-order valence-corrected chi connectivity index (χ1v) is 10.2. The predicted octanol–water partition coefficient (Wildman–Crippen LogP) is 3.65. The Balaban J connectivity index is 1.31. The molecule has 25 heavy (non-hydrogen) atoms. The van der Waals surface area contributed by atoms with Crippen molar-refractivity contribution in [1.29, 1.82) is 0 Å². The average molecular weight is 355 g/mol. The van der Waals surface area contributed by atoms with E-state index in [2.05, 4.69) is 52.4 Å². The largest absolute Gasteiger partial charge is 0.341 e. The summed E-state index contributed by atoms with van der Waals surface area (Å²) in [5.74, 6) is 0.327. The highest BCUT2D eigenvalue weighted by Gasteiger charge is 2.31. The van der Waals surface area contributed by atoms with Crippen molar-refractivity contribution in [1.82, 2.24) is 9.80 Å². The van der Waals surface area contributed by atoms with Crippen LogP contribution in [0.3, 0.4) is 0 Å². The Bertz CT molecular complexity index is 754. The Kier molecular flexibility index (Phi) is 4.91. The van der Waals surface area contributed by atoms with E-state index in [1.54, 1.807) is 11.3 Å². The lowest BCUT2D eigenvalue weighted by Gasteiger charge is -2.33. The van der Waals surface area contributed by atoms with Gasteiger partial charge in [-0.25, -0.2) is 0 Å². The van der Waals surface area contributed by atoms with Gasteiger partial charge in [-0.2, -0.15) is 0 Å². The quantitative estimate of drug-likeness (QED) is 0.837. The number of benzene rings is 1. The number of rotatable bonds is 4. The lowest BCUT2D eigenvalue weighted by Crippen LogP contribution is -2.41. The van der Waals surface area contributed by atoms with Crippen LogP contribution in [-0.4, -0.2) is 41.4 Å². The lowest BCUT2D eigenvalue weighted by molar-refractivity contribution is -0.130. The highest BCUT2D eigenvalue weighted by Crippen LogP contribution is 2.25. The molecule has 1 atom stereocenters. The highest BCUT2D eigenvalue weighted by atomic mass is 32.1. The molecule has 3 nitrogen and oxygen atoms in total. The Morgan fingerprint density at radius 3 is 2.84 bits per heavy atom. The summed E-state index contributed by atoms with van der Waals surface area (Å²) >= 11 is 1.77. The van der Waals surface area contributed by atoms with Gasteiger partial charge >= 0.3 is 0 Å². The molecule has 1 saturated heterocycles. The van der Waals surface area contributed by atoms with Crippen molar-refractivity contribution in [3.63, 3.8) is 0 Å². The van der Waals surface area contributed by atoms with Crippen molar-refractivity contribution in [3.8, 4) is 0 Å². The van der Waals surface area contributed by atoms with Crippen LogP contribution in [-0.2, 0) is 24.2 Å². The smallest absolute Gasteiger partial charge is 0.222 e. The van der Waals surface area contributed by atoms with Gasteiger partial charge < -0.3 is 4.90 Å². The molecule has 1 fully saturated rings. The maximum atomic E-state index is 12.6. The van der Waals surface area contributed by atoms with Crippen LogP contribution in [0, 0.1) is 6.92 Å². The first kappa shape index (κ1) is 16.8. The second kappa shape index (κ2) is 7.30. The zero-order valence-corrected chi connectivity index (χ0v) is 15.7. The number of amides is 1. The van der Waals surface area contributed by atoms with Gasteiger partial charge in [-0.3, -0.25) is 9.69 Å². The van der Waals surface area contributed by atoms with Gasteiger partial charge in [0.1, 0.15) is 0 Å². The standard InChI is InChI=1S/C21H26N2OS/c1-16-10-13-25-20(16)6-7-21(24)23-12-9-19(15-23)22-11-8-17-4-2-3-5-18(17)14-22/h2-5,10,13,19H,6-9,11-12,14-15H2,1H3. The van der Waals surface area contributed by atoms with Gasteiger partial charge in [0.25, 0.3) is 0 Å². The highest BCUT2D eigenvalue weighted by molar-refractivity contribution is 7.10. The second-order valence-electron chi connectivity index (χ2n) is 7.30. The number of carbonyl (C=O) groups is 1. The molecule has 0 aliphatic carbocycles. The molecule has 0 radical (unpaired) electrons. The van der Waals surface area contributed by atoms with Crippen LogP contribution in [0.2, 0.25) is 0 Å².